The first kappa shape index (κ1) is 12.5. The summed E-state index contributed by atoms with van der Waals surface area (Å²) in [4.78, 5) is 12.3. The van der Waals surface area contributed by atoms with Crippen molar-refractivity contribution in [3.8, 4) is 0 Å². The van der Waals surface area contributed by atoms with Crippen molar-refractivity contribution in [1.82, 2.24) is 0 Å². The third-order valence-electron chi connectivity index (χ3n) is 3.85. The maximum atomic E-state index is 12.3. The van der Waals surface area contributed by atoms with Crippen LogP contribution in [0.1, 0.15) is 53.4 Å². The molecule has 1 saturated carbocycles. The Labute approximate surface area is 93.9 Å². The van der Waals surface area contributed by atoms with Crippen LogP contribution in [0.4, 0.5) is 0 Å². The molecule has 0 aromatic heterocycles. The fourth-order valence-corrected chi connectivity index (χ4v) is 2.55. The highest BCUT2D eigenvalue weighted by Crippen LogP contribution is 2.44. The van der Waals surface area contributed by atoms with Crippen molar-refractivity contribution in [2.24, 2.45) is 17.3 Å². The second-order valence-electron chi connectivity index (χ2n) is 5.77. The molecule has 0 aromatic carbocycles. The number of carbonyl (C=O) groups is 1. The number of hydrogen-bond donors (Lipinski definition) is 0. The Morgan fingerprint density at radius 1 is 1.60 bits per heavy atom. The molecule has 1 rings (SSSR count). The first-order chi connectivity index (χ1) is 6.87. The lowest BCUT2D eigenvalue weighted by molar-refractivity contribution is -0.129. The smallest absolute Gasteiger partial charge is 0.142 e. The van der Waals surface area contributed by atoms with Crippen molar-refractivity contribution >= 4 is 5.78 Å². The van der Waals surface area contributed by atoms with Crippen LogP contribution in [0.15, 0.2) is 12.2 Å². The molecule has 0 aliphatic heterocycles. The van der Waals surface area contributed by atoms with E-state index in [9.17, 15) is 4.79 Å². The summed E-state index contributed by atoms with van der Waals surface area (Å²) in [6, 6.07) is 0. The number of allylic oxidation sites excluding steroid dienone is 1. The maximum Gasteiger partial charge on any atom is 0.142 e. The molecule has 1 aliphatic carbocycles. The van der Waals surface area contributed by atoms with E-state index in [1.165, 1.54) is 5.57 Å². The van der Waals surface area contributed by atoms with Crippen LogP contribution in [0, 0.1) is 17.3 Å². The number of Topliss-reactive ketones (excluding diaryl/α,β-unsaturated/α-hetero) is 1. The number of carbonyl (C=O) groups excluding carboxylic acids is 1. The normalized spacial score (nSPS) is 31.3. The summed E-state index contributed by atoms with van der Waals surface area (Å²) in [6.45, 7) is 12.4. The van der Waals surface area contributed by atoms with E-state index < -0.39 is 0 Å². The second kappa shape index (κ2) is 4.51. The zero-order valence-electron chi connectivity index (χ0n) is 10.6. The van der Waals surface area contributed by atoms with Gasteiger partial charge in [-0.2, -0.15) is 0 Å². The predicted octanol–water partition coefficient (Wildman–Crippen LogP) is 3.98. The van der Waals surface area contributed by atoms with Gasteiger partial charge < -0.3 is 0 Å². The van der Waals surface area contributed by atoms with Gasteiger partial charge in [0, 0.05) is 11.3 Å². The molecule has 0 aromatic rings. The van der Waals surface area contributed by atoms with Gasteiger partial charge in [0.15, 0.2) is 0 Å². The lowest BCUT2D eigenvalue weighted by Crippen LogP contribution is -2.27. The Morgan fingerprint density at radius 2 is 2.20 bits per heavy atom. The second-order valence-corrected chi connectivity index (χ2v) is 5.77. The van der Waals surface area contributed by atoms with Gasteiger partial charge in [-0.1, -0.05) is 26.3 Å². The van der Waals surface area contributed by atoms with Gasteiger partial charge in [0.05, 0.1) is 0 Å². The molecule has 1 fully saturated rings. The molecule has 0 bridgehead atoms. The molecule has 0 heterocycles. The first-order valence-electron chi connectivity index (χ1n) is 6.05. The van der Waals surface area contributed by atoms with Crippen LogP contribution in [-0.4, -0.2) is 5.78 Å². The summed E-state index contributed by atoms with van der Waals surface area (Å²) in [5, 5.41) is 0. The van der Waals surface area contributed by atoms with Crippen molar-refractivity contribution in [2.45, 2.75) is 53.4 Å². The van der Waals surface area contributed by atoms with Crippen LogP contribution in [-0.2, 0) is 4.79 Å². The van der Waals surface area contributed by atoms with Gasteiger partial charge in [-0.25, -0.2) is 0 Å². The Bertz CT molecular complexity index is 265. The van der Waals surface area contributed by atoms with Crippen LogP contribution in [0.3, 0.4) is 0 Å². The van der Waals surface area contributed by atoms with Crippen molar-refractivity contribution in [3.63, 3.8) is 0 Å². The van der Waals surface area contributed by atoms with Gasteiger partial charge in [0.25, 0.3) is 0 Å². The van der Waals surface area contributed by atoms with Crippen molar-refractivity contribution < 1.29 is 4.79 Å². The molecule has 1 heteroatoms. The minimum atomic E-state index is -0.0616. The summed E-state index contributed by atoms with van der Waals surface area (Å²) in [5.74, 6) is 1.31. The summed E-state index contributed by atoms with van der Waals surface area (Å²) < 4.78 is 0. The highest BCUT2D eigenvalue weighted by atomic mass is 16.1. The highest BCUT2D eigenvalue weighted by molar-refractivity contribution is 5.88. The predicted molar refractivity (Wildman–Crippen MR) is 64.7 cm³/mol. The van der Waals surface area contributed by atoms with E-state index >= 15 is 0 Å². The summed E-state index contributed by atoms with van der Waals surface area (Å²) in [7, 11) is 0. The molecule has 86 valence electrons. The fraction of sp³-hybridized carbons (Fsp3) is 0.786. The molecule has 0 saturated heterocycles. The van der Waals surface area contributed by atoms with Crippen LogP contribution >= 0.6 is 0 Å². The molecule has 2 atom stereocenters. The fourth-order valence-electron chi connectivity index (χ4n) is 2.55. The monoisotopic (exact) mass is 208 g/mol. The van der Waals surface area contributed by atoms with Crippen molar-refractivity contribution in [3.05, 3.63) is 12.2 Å². The van der Waals surface area contributed by atoms with E-state index in [0.717, 1.165) is 25.7 Å². The van der Waals surface area contributed by atoms with Crippen LogP contribution < -0.4 is 0 Å². The van der Waals surface area contributed by atoms with E-state index in [-0.39, 0.29) is 5.41 Å². The Morgan fingerprint density at radius 3 is 2.60 bits per heavy atom. The zero-order chi connectivity index (χ0) is 11.6. The third-order valence-corrected chi connectivity index (χ3v) is 3.85. The van der Waals surface area contributed by atoms with Crippen molar-refractivity contribution in [2.75, 3.05) is 0 Å². The number of ketones is 1. The Balaban J connectivity index is 2.64. The molecule has 2 unspecified atom stereocenters. The Hall–Kier alpha value is -0.590. The summed E-state index contributed by atoms with van der Waals surface area (Å²) in [6.07, 6.45) is 4.14. The SMILES string of the molecule is C=C(C)CCC1(C)CCC(C(C)C)C1=O. The number of hydrogen-bond acceptors (Lipinski definition) is 1. The van der Waals surface area contributed by atoms with Gasteiger partial charge >= 0.3 is 0 Å². The first-order valence-corrected chi connectivity index (χ1v) is 6.05. The van der Waals surface area contributed by atoms with Gasteiger partial charge in [0.2, 0.25) is 0 Å². The molecule has 0 amide bonds. The molecule has 0 spiro atoms. The average Bonchev–Trinajstić information content (AvgIpc) is 2.41. The van der Waals surface area contributed by atoms with E-state index in [1.807, 2.05) is 6.92 Å². The Kier molecular flexibility index (Phi) is 3.75. The maximum absolute atomic E-state index is 12.3. The molecular formula is C14H24O. The average molecular weight is 208 g/mol. The molecule has 1 aliphatic rings. The zero-order valence-corrected chi connectivity index (χ0v) is 10.6. The molecule has 1 nitrogen and oxygen atoms in total. The molecular weight excluding hydrogens is 184 g/mol. The lowest BCUT2D eigenvalue weighted by atomic mass is 9.79. The largest absolute Gasteiger partial charge is 0.299 e. The van der Waals surface area contributed by atoms with Crippen LogP contribution in [0.5, 0.6) is 0 Å². The van der Waals surface area contributed by atoms with Gasteiger partial charge in [-0.05, 0) is 38.5 Å². The minimum Gasteiger partial charge on any atom is -0.299 e. The third kappa shape index (κ3) is 2.70. The van der Waals surface area contributed by atoms with Crippen LogP contribution in [0.25, 0.3) is 0 Å². The molecule has 0 N–H and O–H groups in total. The topological polar surface area (TPSA) is 17.1 Å². The highest BCUT2D eigenvalue weighted by Gasteiger charge is 2.44. The van der Waals surface area contributed by atoms with E-state index in [2.05, 4.69) is 27.4 Å². The van der Waals surface area contributed by atoms with E-state index in [0.29, 0.717) is 17.6 Å². The summed E-state index contributed by atoms with van der Waals surface area (Å²) >= 11 is 0. The van der Waals surface area contributed by atoms with E-state index in [4.69, 9.17) is 0 Å². The van der Waals surface area contributed by atoms with Gasteiger partial charge in [-0.15, -0.1) is 6.58 Å². The minimum absolute atomic E-state index is 0.0616. The van der Waals surface area contributed by atoms with Gasteiger partial charge in [0.1, 0.15) is 5.78 Å². The van der Waals surface area contributed by atoms with Crippen LogP contribution in [0.2, 0.25) is 0 Å². The van der Waals surface area contributed by atoms with Gasteiger partial charge in [-0.3, -0.25) is 4.79 Å². The van der Waals surface area contributed by atoms with Crippen molar-refractivity contribution in [1.29, 1.82) is 0 Å². The quantitative estimate of drug-likeness (QED) is 0.639. The lowest BCUT2D eigenvalue weighted by Gasteiger charge is -2.23. The molecule has 0 radical (unpaired) electrons. The summed E-state index contributed by atoms with van der Waals surface area (Å²) in [5.41, 5.74) is 1.13. The van der Waals surface area contributed by atoms with E-state index in [1.54, 1.807) is 0 Å². The number of rotatable bonds is 4. The standard InChI is InChI=1S/C14H24O/c1-10(2)6-8-14(5)9-7-12(11(3)4)13(14)15/h11-12H,1,6-9H2,2-5H3. The molecule has 15 heavy (non-hydrogen) atoms.